The normalized spacial score (nSPS) is 16.0. The van der Waals surface area contributed by atoms with E-state index in [-0.39, 0.29) is 11.3 Å². The molecule has 0 radical (unpaired) electrons. The van der Waals surface area contributed by atoms with Crippen molar-refractivity contribution >= 4 is 5.91 Å². The summed E-state index contributed by atoms with van der Waals surface area (Å²) in [6.07, 6.45) is 0.181. The summed E-state index contributed by atoms with van der Waals surface area (Å²) in [6.45, 7) is 7.43. The van der Waals surface area contributed by atoms with Crippen molar-refractivity contribution < 1.29 is 14.3 Å². The minimum absolute atomic E-state index is 0.0946. The second-order valence-electron chi connectivity index (χ2n) is 7.33. The van der Waals surface area contributed by atoms with E-state index in [2.05, 4.69) is 38.2 Å². The fraction of sp³-hybridized carbons (Fsp3) is 0.381. The van der Waals surface area contributed by atoms with Crippen molar-refractivity contribution in [1.29, 1.82) is 0 Å². The maximum atomic E-state index is 12.2. The van der Waals surface area contributed by atoms with Gasteiger partial charge in [-0.25, -0.2) is 0 Å². The third kappa shape index (κ3) is 4.32. The van der Waals surface area contributed by atoms with Crippen LogP contribution in [0.3, 0.4) is 0 Å². The van der Waals surface area contributed by atoms with Crippen LogP contribution in [0, 0.1) is 0 Å². The van der Waals surface area contributed by atoms with Crippen LogP contribution >= 0.6 is 0 Å². The predicted octanol–water partition coefficient (Wildman–Crippen LogP) is 3.48. The van der Waals surface area contributed by atoms with Crippen LogP contribution < -0.4 is 14.8 Å². The molecule has 1 heterocycles. The Bertz CT molecular complexity index is 707. The summed E-state index contributed by atoms with van der Waals surface area (Å²) >= 11 is 0. The van der Waals surface area contributed by atoms with Crippen molar-refractivity contribution in [2.75, 3.05) is 13.2 Å². The van der Waals surface area contributed by atoms with E-state index in [0.717, 1.165) is 17.1 Å². The van der Waals surface area contributed by atoms with Gasteiger partial charge in [0.25, 0.3) is 5.91 Å². The highest BCUT2D eigenvalue weighted by Crippen LogP contribution is 2.28. The lowest BCUT2D eigenvalue weighted by Gasteiger charge is -2.19. The van der Waals surface area contributed by atoms with Gasteiger partial charge in [-0.15, -0.1) is 0 Å². The quantitative estimate of drug-likeness (QED) is 0.849. The molecule has 0 bridgehead atoms. The maximum absolute atomic E-state index is 12.2. The first-order valence-electron chi connectivity index (χ1n) is 8.69. The van der Waals surface area contributed by atoms with Gasteiger partial charge in [0.1, 0.15) is 18.1 Å². The van der Waals surface area contributed by atoms with Crippen molar-refractivity contribution in [2.24, 2.45) is 0 Å². The number of amides is 1. The fourth-order valence-corrected chi connectivity index (χ4v) is 2.84. The van der Waals surface area contributed by atoms with Gasteiger partial charge >= 0.3 is 0 Å². The Morgan fingerprint density at radius 2 is 1.88 bits per heavy atom. The average Bonchev–Trinajstić information content (AvgIpc) is 3.02. The van der Waals surface area contributed by atoms with Gasteiger partial charge in [0.15, 0.2) is 6.10 Å². The molecule has 1 atom stereocenters. The third-order valence-corrected chi connectivity index (χ3v) is 4.33. The SMILES string of the molecule is CC(C)(C)c1ccc(OCCNC(=O)[C@@H]2Cc3ccccc3O2)cc1. The summed E-state index contributed by atoms with van der Waals surface area (Å²) in [6, 6.07) is 15.9. The van der Waals surface area contributed by atoms with Crippen LogP contribution in [0.2, 0.25) is 0 Å². The molecule has 132 valence electrons. The Morgan fingerprint density at radius 3 is 2.56 bits per heavy atom. The standard InChI is InChI=1S/C21H25NO3/c1-21(2,3)16-8-10-17(11-9-16)24-13-12-22-20(23)19-14-15-6-4-5-7-18(15)25-19/h4-11,19H,12-14H2,1-3H3,(H,22,23)/t19-/m0/s1. The fourth-order valence-electron chi connectivity index (χ4n) is 2.84. The first kappa shape index (κ1) is 17.3. The molecule has 3 rings (SSSR count). The van der Waals surface area contributed by atoms with Gasteiger partial charge in [-0.1, -0.05) is 51.1 Å². The molecule has 25 heavy (non-hydrogen) atoms. The summed E-state index contributed by atoms with van der Waals surface area (Å²) in [5.74, 6) is 1.52. The van der Waals surface area contributed by atoms with Gasteiger partial charge in [-0.05, 0) is 34.7 Å². The summed E-state index contributed by atoms with van der Waals surface area (Å²) in [5, 5.41) is 2.88. The number of rotatable bonds is 5. The number of hydrogen-bond acceptors (Lipinski definition) is 3. The van der Waals surface area contributed by atoms with E-state index in [1.807, 2.05) is 36.4 Å². The Hall–Kier alpha value is -2.49. The zero-order valence-corrected chi connectivity index (χ0v) is 15.0. The molecule has 0 saturated carbocycles. The van der Waals surface area contributed by atoms with E-state index in [1.54, 1.807) is 0 Å². The number of carbonyl (C=O) groups is 1. The molecule has 1 N–H and O–H groups in total. The predicted molar refractivity (Wildman–Crippen MR) is 98.2 cm³/mol. The van der Waals surface area contributed by atoms with Gasteiger partial charge in [0.05, 0.1) is 6.54 Å². The van der Waals surface area contributed by atoms with Gasteiger partial charge in [0.2, 0.25) is 0 Å². The van der Waals surface area contributed by atoms with Crippen LogP contribution in [0.5, 0.6) is 11.5 Å². The zero-order chi connectivity index (χ0) is 17.9. The molecule has 4 nitrogen and oxygen atoms in total. The monoisotopic (exact) mass is 339 g/mol. The number of ether oxygens (including phenoxy) is 2. The van der Waals surface area contributed by atoms with Crippen LogP contribution in [-0.4, -0.2) is 25.2 Å². The van der Waals surface area contributed by atoms with Crippen molar-refractivity contribution in [3.8, 4) is 11.5 Å². The summed E-state index contributed by atoms with van der Waals surface area (Å²) in [4.78, 5) is 12.2. The van der Waals surface area contributed by atoms with Gasteiger partial charge in [-0.3, -0.25) is 4.79 Å². The second-order valence-corrected chi connectivity index (χ2v) is 7.33. The number of hydrogen-bond donors (Lipinski definition) is 1. The summed E-state index contributed by atoms with van der Waals surface area (Å²) in [7, 11) is 0. The molecule has 1 aliphatic rings. The molecule has 0 spiro atoms. The van der Waals surface area contributed by atoms with E-state index >= 15 is 0 Å². The number of carbonyl (C=O) groups excluding carboxylic acids is 1. The summed E-state index contributed by atoms with van der Waals surface area (Å²) in [5.41, 5.74) is 2.48. The zero-order valence-electron chi connectivity index (χ0n) is 15.0. The molecule has 0 unspecified atom stereocenters. The van der Waals surface area contributed by atoms with E-state index in [4.69, 9.17) is 9.47 Å². The van der Waals surface area contributed by atoms with Crippen molar-refractivity contribution in [2.45, 2.75) is 38.7 Å². The van der Waals surface area contributed by atoms with E-state index in [9.17, 15) is 4.79 Å². The molecule has 0 fully saturated rings. The van der Waals surface area contributed by atoms with E-state index in [0.29, 0.717) is 19.6 Å². The van der Waals surface area contributed by atoms with Crippen LogP contribution in [-0.2, 0) is 16.6 Å². The minimum Gasteiger partial charge on any atom is -0.492 e. The Morgan fingerprint density at radius 1 is 1.16 bits per heavy atom. The first-order valence-corrected chi connectivity index (χ1v) is 8.69. The van der Waals surface area contributed by atoms with Crippen LogP contribution in [0.25, 0.3) is 0 Å². The van der Waals surface area contributed by atoms with Crippen LogP contribution in [0.15, 0.2) is 48.5 Å². The highest BCUT2D eigenvalue weighted by Gasteiger charge is 2.28. The highest BCUT2D eigenvalue weighted by molar-refractivity contribution is 5.82. The second kappa shape index (κ2) is 7.18. The molecule has 0 aromatic heterocycles. The maximum Gasteiger partial charge on any atom is 0.261 e. The molecule has 4 heteroatoms. The van der Waals surface area contributed by atoms with E-state index < -0.39 is 6.10 Å². The lowest BCUT2D eigenvalue weighted by Crippen LogP contribution is -2.39. The molecule has 1 aliphatic heterocycles. The highest BCUT2D eigenvalue weighted by atomic mass is 16.5. The number of para-hydroxylation sites is 1. The first-order chi connectivity index (χ1) is 11.9. The van der Waals surface area contributed by atoms with Gasteiger partial charge in [0, 0.05) is 6.42 Å². The molecule has 2 aromatic rings. The third-order valence-electron chi connectivity index (χ3n) is 4.33. The largest absolute Gasteiger partial charge is 0.492 e. The van der Waals surface area contributed by atoms with Crippen LogP contribution in [0.1, 0.15) is 31.9 Å². The summed E-state index contributed by atoms with van der Waals surface area (Å²) < 4.78 is 11.4. The minimum atomic E-state index is -0.441. The smallest absolute Gasteiger partial charge is 0.261 e. The Labute approximate surface area is 149 Å². The van der Waals surface area contributed by atoms with Crippen molar-refractivity contribution in [3.63, 3.8) is 0 Å². The van der Waals surface area contributed by atoms with Gasteiger partial charge < -0.3 is 14.8 Å². The molecule has 0 saturated heterocycles. The molecular formula is C21H25NO3. The van der Waals surface area contributed by atoms with Gasteiger partial charge in [-0.2, -0.15) is 0 Å². The average molecular weight is 339 g/mol. The Balaban J connectivity index is 1.41. The molecular weight excluding hydrogens is 314 g/mol. The lowest BCUT2D eigenvalue weighted by atomic mass is 9.87. The molecule has 1 amide bonds. The molecule has 0 aliphatic carbocycles. The number of benzene rings is 2. The van der Waals surface area contributed by atoms with Crippen molar-refractivity contribution in [1.82, 2.24) is 5.32 Å². The van der Waals surface area contributed by atoms with Crippen molar-refractivity contribution in [3.05, 3.63) is 59.7 Å². The topological polar surface area (TPSA) is 47.6 Å². The van der Waals surface area contributed by atoms with Crippen LogP contribution in [0.4, 0.5) is 0 Å². The van der Waals surface area contributed by atoms with E-state index in [1.165, 1.54) is 5.56 Å². The lowest BCUT2D eigenvalue weighted by molar-refractivity contribution is -0.127. The number of nitrogens with one attached hydrogen (secondary N) is 1. The molecule has 2 aromatic carbocycles. The Kier molecular flexibility index (Phi) is 4.98. The number of fused-ring (bicyclic) bond motifs is 1.